The van der Waals surface area contributed by atoms with E-state index in [1.54, 1.807) is 4.90 Å². The Hall–Kier alpha value is -2.04. The molecule has 0 saturated heterocycles. The maximum atomic E-state index is 12.7. The van der Waals surface area contributed by atoms with Gasteiger partial charge in [0.15, 0.2) is 0 Å². The fourth-order valence-corrected chi connectivity index (χ4v) is 2.83. The number of ether oxygens (including phenoxy) is 1. The van der Waals surface area contributed by atoms with Crippen LogP contribution in [0.3, 0.4) is 0 Å². The molecule has 0 saturated carbocycles. The van der Waals surface area contributed by atoms with Crippen LogP contribution in [0.4, 0.5) is 11.4 Å². The molecule has 23 heavy (non-hydrogen) atoms. The lowest BCUT2D eigenvalue weighted by atomic mass is 10.0. The summed E-state index contributed by atoms with van der Waals surface area (Å²) in [5.41, 5.74) is 3.88. The summed E-state index contributed by atoms with van der Waals surface area (Å²) in [4.78, 5) is 26.8. The van der Waals surface area contributed by atoms with Gasteiger partial charge in [-0.25, -0.2) is 4.79 Å². The van der Waals surface area contributed by atoms with Gasteiger partial charge in [0.2, 0.25) is 5.91 Å². The van der Waals surface area contributed by atoms with Gasteiger partial charge >= 0.3 is 5.97 Å². The summed E-state index contributed by atoms with van der Waals surface area (Å²) < 4.78 is 5.36. The molecule has 1 aliphatic rings. The number of fused-ring (bicyclic) bond motifs is 1. The van der Waals surface area contributed by atoms with Crippen molar-refractivity contribution in [2.75, 3.05) is 10.2 Å². The molecule has 2 unspecified atom stereocenters. The van der Waals surface area contributed by atoms with Gasteiger partial charge in [0.25, 0.3) is 0 Å². The Labute approximate surface area is 138 Å². The van der Waals surface area contributed by atoms with Crippen LogP contribution in [0.2, 0.25) is 0 Å². The average molecular weight is 318 g/mol. The Morgan fingerprint density at radius 1 is 1.30 bits per heavy atom. The highest BCUT2D eigenvalue weighted by Crippen LogP contribution is 2.36. The zero-order valence-corrected chi connectivity index (χ0v) is 14.8. The summed E-state index contributed by atoms with van der Waals surface area (Å²) in [6, 6.07) is 3.02. The number of rotatable bonds is 4. The minimum atomic E-state index is -0.602. The summed E-state index contributed by atoms with van der Waals surface area (Å²) in [5, 5.41) is 3.22. The fourth-order valence-electron chi connectivity index (χ4n) is 2.83. The Morgan fingerprint density at radius 3 is 2.48 bits per heavy atom. The number of nitrogens with one attached hydrogen (secondary N) is 1. The number of amides is 1. The van der Waals surface area contributed by atoms with Crippen LogP contribution < -0.4 is 10.2 Å². The summed E-state index contributed by atoms with van der Waals surface area (Å²) in [6.45, 7) is 11.4. The van der Waals surface area contributed by atoms with Crippen LogP contribution in [-0.4, -0.2) is 30.1 Å². The van der Waals surface area contributed by atoms with Gasteiger partial charge in [0.05, 0.1) is 17.5 Å². The molecule has 1 aromatic rings. The van der Waals surface area contributed by atoms with Gasteiger partial charge in [-0.2, -0.15) is 0 Å². The highest BCUT2D eigenvalue weighted by molar-refractivity contribution is 6.08. The van der Waals surface area contributed by atoms with E-state index in [1.807, 2.05) is 53.7 Å². The third kappa shape index (κ3) is 3.33. The summed E-state index contributed by atoms with van der Waals surface area (Å²) >= 11 is 0. The minimum Gasteiger partial charge on any atom is -0.461 e. The van der Waals surface area contributed by atoms with Crippen LogP contribution in [0.1, 0.15) is 45.2 Å². The Balaban J connectivity index is 2.49. The molecular weight excluding hydrogens is 292 g/mol. The minimum absolute atomic E-state index is 0.103. The first-order valence-corrected chi connectivity index (χ1v) is 8.17. The maximum Gasteiger partial charge on any atom is 0.329 e. The van der Waals surface area contributed by atoms with Crippen molar-refractivity contribution in [3.8, 4) is 0 Å². The molecule has 5 heteroatoms. The molecule has 0 spiro atoms. The van der Waals surface area contributed by atoms with Crippen molar-refractivity contribution in [2.24, 2.45) is 0 Å². The van der Waals surface area contributed by atoms with Crippen LogP contribution in [0.25, 0.3) is 0 Å². The summed E-state index contributed by atoms with van der Waals surface area (Å²) in [7, 11) is 0. The third-order valence-corrected chi connectivity index (χ3v) is 4.17. The van der Waals surface area contributed by atoms with E-state index in [1.165, 1.54) is 0 Å². The Bertz CT molecular complexity index is 625. The van der Waals surface area contributed by atoms with E-state index in [2.05, 4.69) is 5.32 Å². The van der Waals surface area contributed by atoms with Gasteiger partial charge < -0.3 is 10.1 Å². The number of hydrogen-bond donors (Lipinski definition) is 1. The molecule has 0 aromatic heterocycles. The van der Waals surface area contributed by atoms with E-state index in [-0.39, 0.29) is 24.0 Å². The normalized spacial score (nSPS) is 18.5. The van der Waals surface area contributed by atoms with Crippen molar-refractivity contribution < 1.29 is 14.3 Å². The molecule has 1 amide bonds. The molecule has 1 heterocycles. The lowest BCUT2D eigenvalue weighted by Gasteiger charge is -2.38. The zero-order valence-electron chi connectivity index (χ0n) is 14.8. The second-order valence-electron chi connectivity index (χ2n) is 6.44. The molecular formula is C18H26N2O3. The van der Waals surface area contributed by atoms with Gasteiger partial charge in [-0.1, -0.05) is 6.92 Å². The van der Waals surface area contributed by atoms with Crippen molar-refractivity contribution in [1.82, 2.24) is 0 Å². The lowest BCUT2D eigenvalue weighted by Crippen LogP contribution is -2.54. The van der Waals surface area contributed by atoms with Gasteiger partial charge in [0.1, 0.15) is 12.1 Å². The molecule has 5 nitrogen and oxygen atoms in total. The van der Waals surface area contributed by atoms with E-state index in [0.717, 1.165) is 22.5 Å². The molecule has 2 rings (SSSR count). The van der Waals surface area contributed by atoms with Gasteiger partial charge in [-0.05, 0) is 64.3 Å². The Morgan fingerprint density at radius 2 is 1.91 bits per heavy atom. The van der Waals surface area contributed by atoms with E-state index in [0.29, 0.717) is 6.42 Å². The molecule has 2 atom stereocenters. The highest BCUT2D eigenvalue weighted by Gasteiger charge is 2.38. The lowest BCUT2D eigenvalue weighted by molar-refractivity contribution is -0.150. The van der Waals surface area contributed by atoms with E-state index >= 15 is 0 Å². The molecule has 126 valence electrons. The van der Waals surface area contributed by atoms with Crippen LogP contribution in [-0.2, 0) is 14.3 Å². The quantitative estimate of drug-likeness (QED) is 0.866. The first kappa shape index (κ1) is 17.3. The topological polar surface area (TPSA) is 58.6 Å². The number of anilines is 2. The molecule has 1 N–H and O–H groups in total. The zero-order chi connectivity index (χ0) is 17.3. The highest BCUT2D eigenvalue weighted by atomic mass is 16.5. The van der Waals surface area contributed by atoms with E-state index < -0.39 is 6.04 Å². The number of esters is 1. The monoisotopic (exact) mass is 318 g/mol. The van der Waals surface area contributed by atoms with Crippen LogP contribution >= 0.6 is 0 Å². The second kappa shape index (κ2) is 6.60. The van der Waals surface area contributed by atoms with E-state index in [9.17, 15) is 9.59 Å². The molecule has 0 bridgehead atoms. The summed E-state index contributed by atoms with van der Waals surface area (Å²) in [6.07, 6.45) is 0.308. The van der Waals surface area contributed by atoms with Crippen molar-refractivity contribution in [1.29, 1.82) is 0 Å². The van der Waals surface area contributed by atoms with Gasteiger partial charge in [-0.15, -0.1) is 0 Å². The number of nitrogens with zero attached hydrogens (tertiary/aromatic N) is 1. The summed E-state index contributed by atoms with van der Waals surface area (Å²) in [5.74, 6) is -0.456. The van der Waals surface area contributed by atoms with Crippen LogP contribution in [0, 0.1) is 13.8 Å². The van der Waals surface area contributed by atoms with Crippen molar-refractivity contribution in [3.63, 3.8) is 0 Å². The second-order valence-corrected chi connectivity index (χ2v) is 6.44. The van der Waals surface area contributed by atoms with E-state index in [4.69, 9.17) is 4.74 Å². The number of carbonyl (C=O) groups excluding carboxylic acids is 2. The number of carbonyl (C=O) groups is 2. The molecule has 1 aliphatic heterocycles. The standard InChI is InChI=1S/C18H26N2O3/c1-7-15(18(22)23-10(2)3)20-16-9-12(5)11(4)8-14(16)19-13(6)17(20)21/h8-10,13,15,19H,7H2,1-6H3. The SMILES string of the molecule is CCC(C(=O)OC(C)C)N1C(=O)C(C)Nc2cc(C)c(C)cc21. The molecule has 1 aromatic carbocycles. The van der Waals surface area contributed by atoms with Gasteiger partial charge in [0, 0.05) is 0 Å². The molecule has 0 radical (unpaired) electrons. The first-order valence-electron chi connectivity index (χ1n) is 8.17. The Kier molecular flexibility index (Phi) is 4.97. The number of hydrogen-bond acceptors (Lipinski definition) is 4. The maximum absolute atomic E-state index is 12.7. The van der Waals surface area contributed by atoms with Crippen molar-refractivity contribution >= 4 is 23.3 Å². The third-order valence-electron chi connectivity index (χ3n) is 4.17. The van der Waals surface area contributed by atoms with Crippen molar-refractivity contribution in [3.05, 3.63) is 23.3 Å². The largest absolute Gasteiger partial charge is 0.461 e. The van der Waals surface area contributed by atoms with Gasteiger partial charge in [-0.3, -0.25) is 9.69 Å². The predicted molar refractivity (Wildman–Crippen MR) is 91.8 cm³/mol. The van der Waals surface area contributed by atoms with Crippen LogP contribution in [0.15, 0.2) is 12.1 Å². The number of aryl methyl sites for hydroxylation is 2. The molecule has 0 aliphatic carbocycles. The van der Waals surface area contributed by atoms with Crippen molar-refractivity contribution in [2.45, 2.75) is 66.2 Å². The molecule has 0 fully saturated rings. The predicted octanol–water partition coefficient (Wildman–Crippen LogP) is 3.18. The fraction of sp³-hybridized carbons (Fsp3) is 0.556. The smallest absolute Gasteiger partial charge is 0.329 e. The number of benzene rings is 1. The van der Waals surface area contributed by atoms with Crippen LogP contribution in [0.5, 0.6) is 0 Å². The first-order chi connectivity index (χ1) is 10.8. The average Bonchev–Trinajstić information content (AvgIpc) is 2.45.